The molecule has 2 fully saturated rings. The largest absolute Gasteiger partial charge is 0.346 e. The molecule has 2 atom stereocenters. The topological polar surface area (TPSA) is 40.6 Å². The maximum Gasteiger partial charge on any atom is 0.226 e. The van der Waals surface area contributed by atoms with E-state index in [2.05, 4.69) is 0 Å². The van der Waals surface area contributed by atoms with Gasteiger partial charge in [0.25, 0.3) is 0 Å². The molecule has 5 heteroatoms. The lowest BCUT2D eigenvalue weighted by Crippen LogP contribution is -2.43. The molecule has 4 nitrogen and oxygen atoms in total. The first-order valence-corrected chi connectivity index (χ1v) is 8.24. The van der Waals surface area contributed by atoms with Crippen LogP contribution in [0.3, 0.4) is 0 Å². The Hall–Kier alpha value is -1.55. The Morgan fingerprint density at radius 3 is 2.82 bits per heavy atom. The van der Waals surface area contributed by atoms with E-state index in [1.807, 2.05) is 29.2 Å². The molecule has 2 saturated heterocycles. The maximum absolute atomic E-state index is 12.8. The molecule has 0 N–H and O–H groups in total. The Balaban J connectivity index is 1.75. The Morgan fingerprint density at radius 2 is 2.09 bits per heavy atom. The molecule has 1 aromatic carbocycles. The Labute approximate surface area is 136 Å². The highest BCUT2D eigenvalue weighted by molar-refractivity contribution is 6.30. The zero-order chi connectivity index (χ0) is 15.7. The average Bonchev–Trinajstić information content (AvgIpc) is 2.99. The quantitative estimate of drug-likeness (QED) is 0.840. The summed E-state index contributed by atoms with van der Waals surface area (Å²) in [5.74, 6) is 0.0375. The third-order valence-electron chi connectivity index (χ3n) is 4.78. The standard InChI is InChI=1S/C17H21ClN2O2/c1-19-9-7-13(11-16(19)21)17(22)20-8-3-6-15(20)12-4-2-5-14(18)10-12/h2,4-5,10,13,15H,3,6-9,11H2,1H3/t13-,15-/m1/s1. The molecular formula is C17H21ClN2O2. The van der Waals surface area contributed by atoms with Crippen molar-refractivity contribution in [1.29, 1.82) is 0 Å². The van der Waals surface area contributed by atoms with Crippen LogP contribution in [-0.4, -0.2) is 41.8 Å². The molecule has 0 unspecified atom stereocenters. The lowest BCUT2D eigenvalue weighted by atomic mass is 9.94. The molecule has 0 spiro atoms. The third-order valence-corrected chi connectivity index (χ3v) is 5.01. The minimum Gasteiger partial charge on any atom is -0.346 e. The highest BCUT2D eigenvalue weighted by Gasteiger charge is 2.36. The van der Waals surface area contributed by atoms with E-state index in [4.69, 9.17) is 11.6 Å². The minimum atomic E-state index is -0.163. The fourth-order valence-electron chi connectivity index (χ4n) is 3.48. The van der Waals surface area contributed by atoms with Crippen LogP contribution >= 0.6 is 11.6 Å². The number of halogens is 1. The molecule has 0 saturated carbocycles. The SMILES string of the molecule is CN1CC[C@@H](C(=O)N2CCC[C@@H]2c2cccc(Cl)c2)CC1=O. The van der Waals surface area contributed by atoms with E-state index in [1.54, 1.807) is 11.9 Å². The molecule has 22 heavy (non-hydrogen) atoms. The summed E-state index contributed by atoms with van der Waals surface area (Å²) in [6.07, 6.45) is 3.07. The second kappa shape index (κ2) is 6.29. The van der Waals surface area contributed by atoms with Crippen molar-refractivity contribution in [3.05, 3.63) is 34.9 Å². The van der Waals surface area contributed by atoms with Gasteiger partial charge in [0.2, 0.25) is 11.8 Å². The number of carbonyl (C=O) groups excluding carboxylic acids is 2. The molecule has 2 heterocycles. The lowest BCUT2D eigenvalue weighted by molar-refractivity contribution is -0.145. The van der Waals surface area contributed by atoms with Gasteiger partial charge in [-0.1, -0.05) is 23.7 Å². The first-order valence-electron chi connectivity index (χ1n) is 7.86. The zero-order valence-electron chi connectivity index (χ0n) is 12.8. The van der Waals surface area contributed by atoms with Crippen LogP contribution in [0.2, 0.25) is 5.02 Å². The van der Waals surface area contributed by atoms with Crippen molar-refractivity contribution in [3.63, 3.8) is 0 Å². The van der Waals surface area contributed by atoms with Crippen molar-refractivity contribution < 1.29 is 9.59 Å². The van der Waals surface area contributed by atoms with E-state index >= 15 is 0 Å². The van der Waals surface area contributed by atoms with Gasteiger partial charge in [0.1, 0.15) is 0 Å². The predicted molar refractivity (Wildman–Crippen MR) is 85.5 cm³/mol. The van der Waals surface area contributed by atoms with Crippen LogP contribution in [0.25, 0.3) is 0 Å². The number of amides is 2. The highest BCUT2D eigenvalue weighted by atomic mass is 35.5. The molecule has 0 radical (unpaired) electrons. The predicted octanol–water partition coefficient (Wildman–Crippen LogP) is 2.87. The summed E-state index contributed by atoms with van der Waals surface area (Å²) in [6, 6.07) is 7.85. The van der Waals surface area contributed by atoms with Gasteiger partial charge in [-0.25, -0.2) is 0 Å². The summed E-state index contributed by atoms with van der Waals surface area (Å²) in [5, 5.41) is 0.700. The van der Waals surface area contributed by atoms with Crippen LogP contribution in [0.1, 0.15) is 37.3 Å². The molecule has 2 aliphatic rings. The Morgan fingerprint density at radius 1 is 1.27 bits per heavy atom. The van der Waals surface area contributed by atoms with Crippen LogP contribution in [0.15, 0.2) is 24.3 Å². The van der Waals surface area contributed by atoms with Crippen LogP contribution < -0.4 is 0 Å². The number of likely N-dealkylation sites (tertiary alicyclic amines) is 2. The number of piperidine rings is 1. The number of nitrogens with zero attached hydrogens (tertiary/aromatic N) is 2. The highest BCUT2D eigenvalue weighted by Crippen LogP contribution is 2.35. The molecule has 0 aliphatic carbocycles. The Kier molecular flexibility index (Phi) is 4.39. The average molecular weight is 321 g/mol. The molecule has 0 bridgehead atoms. The van der Waals surface area contributed by atoms with Crippen molar-refractivity contribution >= 4 is 23.4 Å². The second-order valence-electron chi connectivity index (χ2n) is 6.25. The van der Waals surface area contributed by atoms with Gasteiger partial charge in [-0.3, -0.25) is 9.59 Å². The third kappa shape index (κ3) is 2.98. The number of hydrogen-bond donors (Lipinski definition) is 0. The van der Waals surface area contributed by atoms with Crippen LogP contribution in [-0.2, 0) is 9.59 Å². The molecule has 3 rings (SSSR count). The minimum absolute atomic E-state index is 0.0723. The van der Waals surface area contributed by atoms with Gasteiger partial charge < -0.3 is 9.80 Å². The smallest absolute Gasteiger partial charge is 0.226 e. The monoisotopic (exact) mass is 320 g/mol. The van der Waals surface area contributed by atoms with Crippen molar-refractivity contribution in [2.45, 2.75) is 31.7 Å². The first kappa shape index (κ1) is 15.3. The zero-order valence-corrected chi connectivity index (χ0v) is 13.6. The van der Waals surface area contributed by atoms with Crippen LogP contribution in [0, 0.1) is 5.92 Å². The number of rotatable bonds is 2. The van der Waals surface area contributed by atoms with Gasteiger partial charge in [0.15, 0.2) is 0 Å². The van der Waals surface area contributed by atoms with Crippen molar-refractivity contribution in [3.8, 4) is 0 Å². The van der Waals surface area contributed by atoms with Crippen molar-refractivity contribution in [2.24, 2.45) is 5.92 Å². The summed E-state index contributed by atoms with van der Waals surface area (Å²) in [4.78, 5) is 28.4. The molecule has 2 aliphatic heterocycles. The summed E-state index contributed by atoms with van der Waals surface area (Å²) in [7, 11) is 1.80. The van der Waals surface area contributed by atoms with E-state index in [0.717, 1.165) is 31.4 Å². The van der Waals surface area contributed by atoms with E-state index < -0.39 is 0 Å². The van der Waals surface area contributed by atoms with Gasteiger partial charge in [0, 0.05) is 37.5 Å². The van der Waals surface area contributed by atoms with Gasteiger partial charge in [0.05, 0.1) is 6.04 Å². The van der Waals surface area contributed by atoms with E-state index in [0.29, 0.717) is 18.0 Å². The van der Waals surface area contributed by atoms with E-state index in [9.17, 15) is 9.59 Å². The summed E-state index contributed by atoms with van der Waals surface area (Å²) in [5.41, 5.74) is 1.10. The lowest BCUT2D eigenvalue weighted by Gasteiger charge is -2.33. The maximum atomic E-state index is 12.8. The van der Waals surface area contributed by atoms with Gasteiger partial charge in [-0.15, -0.1) is 0 Å². The fraction of sp³-hybridized carbons (Fsp3) is 0.529. The van der Waals surface area contributed by atoms with Crippen LogP contribution in [0.4, 0.5) is 0 Å². The summed E-state index contributed by atoms with van der Waals surface area (Å²) >= 11 is 6.08. The van der Waals surface area contributed by atoms with Crippen LogP contribution in [0.5, 0.6) is 0 Å². The van der Waals surface area contributed by atoms with E-state index in [1.165, 1.54) is 0 Å². The molecule has 2 amide bonds. The van der Waals surface area contributed by atoms with Gasteiger partial charge >= 0.3 is 0 Å². The number of benzene rings is 1. The molecule has 0 aromatic heterocycles. The first-order chi connectivity index (χ1) is 10.6. The van der Waals surface area contributed by atoms with Gasteiger partial charge in [-0.2, -0.15) is 0 Å². The van der Waals surface area contributed by atoms with Crippen molar-refractivity contribution in [1.82, 2.24) is 9.80 Å². The molecule has 118 valence electrons. The second-order valence-corrected chi connectivity index (χ2v) is 6.69. The normalized spacial score (nSPS) is 25.6. The summed E-state index contributed by atoms with van der Waals surface area (Å²) < 4.78 is 0. The Bertz CT molecular complexity index is 590. The van der Waals surface area contributed by atoms with Gasteiger partial charge in [-0.05, 0) is 37.0 Å². The molecule has 1 aromatic rings. The summed E-state index contributed by atoms with van der Waals surface area (Å²) in [6.45, 7) is 1.45. The van der Waals surface area contributed by atoms with Crippen molar-refractivity contribution in [2.75, 3.05) is 20.1 Å². The fourth-order valence-corrected chi connectivity index (χ4v) is 3.68. The molecular weight excluding hydrogens is 300 g/mol. The van der Waals surface area contributed by atoms with E-state index in [-0.39, 0.29) is 23.8 Å². The number of hydrogen-bond acceptors (Lipinski definition) is 2. The number of carbonyl (C=O) groups is 2.